The van der Waals surface area contributed by atoms with Crippen LogP contribution in [0.25, 0.3) is 0 Å². The van der Waals surface area contributed by atoms with Crippen LogP contribution in [-0.2, 0) is 46.3 Å². The summed E-state index contributed by atoms with van der Waals surface area (Å²) in [5.41, 5.74) is 1.37. The molecule has 1 saturated heterocycles. The van der Waals surface area contributed by atoms with Crippen molar-refractivity contribution < 1.29 is 43.7 Å². The van der Waals surface area contributed by atoms with Gasteiger partial charge in [-0.25, -0.2) is 4.79 Å². The molecule has 2 aromatic rings. The Labute approximate surface area is 306 Å². The lowest BCUT2D eigenvalue weighted by Gasteiger charge is -2.40. The van der Waals surface area contributed by atoms with Crippen LogP contribution in [-0.4, -0.2) is 99.4 Å². The zero-order valence-corrected chi connectivity index (χ0v) is 31.0. The summed E-state index contributed by atoms with van der Waals surface area (Å²) in [5, 5.41) is 26.2. The fourth-order valence-corrected chi connectivity index (χ4v) is 6.29. The van der Waals surface area contributed by atoms with E-state index in [0.29, 0.717) is 31.1 Å². The van der Waals surface area contributed by atoms with E-state index in [1.165, 1.54) is 35.9 Å². The molecule has 0 bridgehead atoms. The Morgan fingerprint density at radius 3 is 2.17 bits per heavy atom. The molecule has 6 unspecified atom stereocenters. The van der Waals surface area contributed by atoms with Crippen molar-refractivity contribution in [3.05, 3.63) is 65.7 Å². The van der Waals surface area contributed by atoms with Crippen LogP contribution in [0.15, 0.2) is 54.6 Å². The highest BCUT2D eigenvalue weighted by Crippen LogP contribution is 2.24. The van der Waals surface area contributed by atoms with Gasteiger partial charge >= 0.3 is 5.97 Å². The Morgan fingerprint density at radius 1 is 0.962 bits per heavy atom. The molecule has 4 N–H and O–H groups in total. The van der Waals surface area contributed by atoms with Gasteiger partial charge in [-0.1, -0.05) is 70.2 Å². The standard InChI is InChI=1S/C39H54N4O9/c1-24(2)19-29(23-44)40-33(46)20-26(5)52-39(51)36(25(3)4)41-37(49)31(21-28-15-17-30(45)18-16-28)42(6)38(50)32(22-27-11-8-7-9-12-27)43-34(47)13-10-14-35(43)48/h7-9,11-12,15-18,23-26,29,31-32,34,36,45,47H,10,13-14,19-22H2,1-6H3,(H,40,46)(H,41,49). The molecule has 284 valence electrons. The number of likely N-dealkylation sites (tertiary alicyclic amines) is 1. The lowest BCUT2D eigenvalue weighted by molar-refractivity contribution is -0.162. The maximum absolute atomic E-state index is 14.4. The molecule has 0 saturated carbocycles. The molecule has 1 heterocycles. The van der Waals surface area contributed by atoms with Crippen LogP contribution in [0.2, 0.25) is 0 Å². The molecule has 0 radical (unpaired) electrons. The number of amides is 4. The van der Waals surface area contributed by atoms with Gasteiger partial charge in [0, 0.05) is 26.3 Å². The first-order chi connectivity index (χ1) is 24.6. The number of hydrogen-bond acceptors (Lipinski definition) is 9. The normalized spacial score (nSPS) is 17.4. The Balaban J connectivity index is 1.86. The van der Waals surface area contributed by atoms with Crippen molar-refractivity contribution in [3.63, 3.8) is 0 Å². The summed E-state index contributed by atoms with van der Waals surface area (Å²) in [6, 6.07) is 11.1. The molecule has 4 amide bonds. The minimum absolute atomic E-state index is 0.00633. The number of carbonyl (C=O) groups is 6. The van der Waals surface area contributed by atoms with Crippen molar-refractivity contribution in [1.29, 1.82) is 0 Å². The molecule has 3 rings (SSSR count). The Morgan fingerprint density at radius 2 is 1.60 bits per heavy atom. The van der Waals surface area contributed by atoms with Crippen molar-refractivity contribution in [2.45, 2.75) is 116 Å². The number of phenols is 1. The number of likely N-dealkylation sites (N-methyl/N-ethyl adjacent to an activating group) is 1. The van der Waals surface area contributed by atoms with Gasteiger partial charge in [-0.2, -0.15) is 0 Å². The average molecular weight is 723 g/mol. The van der Waals surface area contributed by atoms with Crippen LogP contribution in [0, 0.1) is 11.8 Å². The molecule has 1 aliphatic heterocycles. The van der Waals surface area contributed by atoms with Gasteiger partial charge in [0.05, 0.1) is 12.5 Å². The van der Waals surface area contributed by atoms with E-state index in [1.54, 1.807) is 26.0 Å². The van der Waals surface area contributed by atoms with Gasteiger partial charge in [0.15, 0.2) is 0 Å². The number of aliphatic hydroxyl groups is 1. The van der Waals surface area contributed by atoms with Crippen LogP contribution >= 0.6 is 0 Å². The summed E-state index contributed by atoms with van der Waals surface area (Å²) < 4.78 is 5.59. The molecular weight excluding hydrogens is 668 g/mol. The average Bonchev–Trinajstić information content (AvgIpc) is 3.08. The van der Waals surface area contributed by atoms with Crippen LogP contribution in [0.1, 0.15) is 77.8 Å². The number of hydrogen-bond donors (Lipinski definition) is 4. The predicted molar refractivity (Wildman–Crippen MR) is 193 cm³/mol. The zero-order chi connectivity index (χ0) is 38.5. The molecule has 1 aliphatic rings. The Hall–Kier alpha value is -4.78. The number of nitrogens with zero attached hydrogens (tertiary/aromatic N) is 2. The number of nitrogens with one attached hydrogen (secondary N) is 2. The third-order valence-electron chi connectivity index (χ3n) is 9.08. The second-order valence-electron chi connectivity index (χ2n) is 14.3. The maximum Gasteiger partial charge on any atom is 0.329 e. The summed E-state index contributed by atoms with van der Waals surface area (Å²) in [7, 11) is 1.45. The first-order valence-electron chi connectivity index (χ1n) is 17.9. The summed E-state index contributed by atoms with van der Waals surface area (Å²) in [4.78, 5) is 81.7. The molecule has 13 heteroatoms. The molecular formula is C39H54N4O9. The number of rotatable bonds is 18. The maximum atomic E-state index is 14.4. The van der Waals surface area contributed by atoms with E-state index in [4.69, 9.17) is 4.74 Å². The number of aromatic hydroxyl groups is 1. The summed E-state index contributed by atoms with van der Waals surface area (Å²) in [6.07, 6.45) is -0.0624. The van der Waals surface area contributed by atoms with Gasteiger partial charge in [0.1, 0.15) is 42.5 Å². The molecule has 0 spiro atoms. The number of esters is 1. The monoisotopic (exact) mass is 722 g/mol. The van der Waals surface area contributed by atoms with E-state index < -0.39 is 66.1 Å². The number of benzene rings is 2. The molecule has 1 fully saturated rings. The van der Waals surface area contributed by atoms with Crippen molar-refractivity contribution >= 4 is 35.9 Å². The highest BCUT2D eigenvalue weighted by Gasteiger charge is 2.41. The largest absolute Gasteiger partial charge is 0.508 e. The van der Waals surface area contributed by atoms with Crippen molar-refractivity contribution in [2.24, 2.45) is 11.8 Å². The highest BCUT2D eigenvalue weighted by molar-refractivity contribution is 5.94. The molecule has 0 aromatic heterocycles. The number of aldehydes is 1. The van der Waals surface area contributed by atoms with Gasteiger partial charge in [0.2, 0.25) is 23.6 Å². The van der Waals surface area contributed by atoms with Gasteiger partial charge in [0.25, 0.3) is 0 Å². The highest BCUT2D eigenvalue weighted by atomic mass is 16.5. The quantitative estimate of drug-likeness (QED) is 0.133. The fourth-order valence-electron chi connectivity index (χ4n) is 6.29. The van der Waals surface area contributed by atoms with Crippen LogP contribution in [0.3, 0.4) is 0 Å². The van der Waals surface area contributed by atoms with Crippen LogP contribution in [0.5, 0.6) is 5.75 Å². The molecule has 13 nitrogen and oxygen atoms in total. The third kappa shape index (κ3) is 12.2. The van der Waals surface area contributed by atoms with Gasteiger partial charge in [-0.15, -0.1) is 0 Å². The van der Waals surface area contributed by atoms with Crippen LogP contribution < -0.4 is 10.6 Å². The molecule has 6 atom stereocenters. The minimum Gasteiger partial charge on any atom is -0.508 e. The van der Waals surface area contributed by atoms with E-state index in [0.717, 1.165) is 5.56 Å². The number of carbonyl (C=O) groups excluding carboxylic acids is 6. The second-order valence-corrected chi connectivity index (χ2v) is 14.3. The van der Waals surface area contributed by atoms with Crippen LogP contribution in [0.4, 0.5) is 0 Å². The predicted octanol–water partition coefficient (Wildman–Crippen LogP) is 2.90. The van der Waals surface area contributed by atoms with Crippen molar-refractivity contribution in [1.82, 2.24) is 20.4 Å². The smallest absolute Gasteiger partial charge is 0.329 e. The van der Waals surface area contributed by atoms with Gasteiger partial charge in [-0.05, 0) is 61.3 Å². The first kappa shape index (κ1) is 41.6. The van der Waals surface area contributed by atoms with Crippen molar-refractivity contribution in [3.8, 4) is 5.75 Å². The van der Waals surface area contributed by atoms with Gasteiger partial charge in [-0.3, -0.25) is 19.2 Å². The van der Waals surface area contributed by atoms with Gasteiger partial charge < -0.3 is 40.2 Å². The van der Waals surface area contributed by atoms with E-state index >= 15 is 0 Å². The number of ether oxygens (including phenoxy) is 1. The number of piperidine rings is 1. The number of phenolic OH excluding ortho intramolecular Hbond substituents is 1. The zero-order valence-electron chi connectivity index (χ0n) is 31.0. The molecule has 2 aromatic carbocycles. The van der Waals surface area contributed by atoms with E-state index in [2.05, 4.69) is 10.6 Å². The first-order valence-corrected chi connectivity index (χ1v) is 17.9. The molecule has 52 heavy (non-hydrogen) atoms. The molecule has 0 aliphatic carbocycles. The minimum atomic E-state index is -1.19. The lowest BCUT2D eigenvalue weighted by Crippen LogP contribution is -2.61. The topological polar surface area (TPSA) is 183 Å². The lowest BCUT2D eigenvalue weighted by atomic mass is 9.97. The third-order valence-corrected chi connectivity index (χ3v) is 9.08. The Kier molecular flexibility index (Phi) is 15.8. The fraction of sp³-hybridized carbons (Fsp3) is 0.538. The van der Waals surface area contributed by atoms with E-state index in [1.807, 2.05) is 44.2 Å². The van der Waals surface area contributed by atoms with Crippen molar-refractivity contribution in [2.75, 3.05) is 7.05 Å². The second kappa shape index (κ2) is 19.7. The SMILES string of the molecule is CC(C)CC(C=O)NC(=O)CC(C)OC(=O)C(NC(=O)C(Cc1ccc(O)cc1)N(C)C(=O)C(Cc1ccccc1)N1C(=O)CCCC1O)C(C)C. The number of aliphatic hydroxyl groups excluding tert-OH is 1. The Bertz CT molecular complexity index is 1520. The summed E-state index contributed by atoms with van der Waals surface area (Å²) in [5.74, 6) is -3.11. The summed E-state index contributed by atoms with van der Waals surface area (Å²) >= 11 is 0. The van der Waals surface area contributed by atoms with E-state index in [-0.39, 0.29) is 43.3 Å². The van der Waals surface area contributed by atoms with E-state index in [9.17, 15) is 39.0 Å². The summed E-state index contributed by atoms with van der Waals surface area (Å²) in [6.45, 7) is 8.83.